The number of halogens is 2. The van der Waals surface area contributed by atoms with Crippen LogP contribution in [0.4, 0.5) is 0 Å². The molecule has 82 valence electrons. The highest BCUT2D eigenvalue weighted by Gasteiger charge is 2.26. The summed E-state index contributed by atoms with van der Waals surface area (Å²) >= 11 is 9.27. The Hall–Kier alpha value is -0.940. The summed E-state index contributed by atoms with van der Waals surface area (Å²) in [7, 11) is 0. The molecule has 0 atom stereocenters. The number of aromatic nitrogens is 4. The quantitative estimate of drug-likeness (QED) is 0.801. The third-order valence-corrected chi connectivity index (χ3v) is 3.80. The van der Waals surface area contributed by atoms with Crippen LogP contribution in [-0.4, -0.2) is 19.7 Å². The Morgan fingerprint density at radius 3 is 2.94 bits per heavy atom. The van der Waals surface area contributed by atoms with Gasteiger partial charge in [0.1, 0.15) is 11.5 Å². The Morgan fingerprint density at radius 1 is 1.38 bits per heavy atom. The van der Waals surface area contributed by atoms with Crippen LogP contribution in [0.25, 0.3) is 5.82 Å². The van der Waals surface area contributed by atoms with Crippen LogP contribution < -0.4 is 0 Å². The predicted molar refractivity (Wildman–Crippen MR) is 63.8 cm³/mol. The molecule has 0 N–H and O–H groups in total. The largest absolute Gasteiger partial charge is 0.223 e. The Kier molecular flexibility index (Phi) is 2.44. The lowest BCUT2D eigenvalue weighted by Gasteiger charge is -2.03. The molecule has 6 heteroatoms. The summed E-state index contributed by atoms with van der Waals surface area (Å²) in [6, 6.07) is 2.03. The average molecular weight is 300 g/mol. The molecule has 0 bridgehead atoms. The molecular weight excluding hydrogens is 291 g/mol. The van der Waals surface area contributed by atoms with E-state index in [1.807, 2.05) is 12.3 Å². The maximum absolute atomic E-state index is 5.91. The SMILES string of the molecule is Clc1ncnc(-n2ccc(C3CC3)n2)c1Br. The zero-order chi connectivity index (χ0) is 11.1. The van der Waals surface area contributed by atoms with Gasteiger partial charge in [-0.1, -0.05) is 11.6 Å². The van der Waals surface area contributed by atoms with Gasteiger partial charge in [0.2, 0.25) is 0 Å². The molecule has 2 aromatic rings. The van der Waals surface area contributed by atoms with Gasteiger partial charge in [0.15, 0.2) is 5.82 Å². The number of nitrogens with zero attached hydrogens (tertiary/aromatic N) is 4. The maximum Gasteiger partial charge on any atom is 0.172 e. The predicted octanol–water partition coefficient (Wildman–Crippen LogP) is 2.96. The van der Waals surface area contributed by atoms with Crippen molar-refractivity contribution in [3.05, 3.63) is 33.9 Å². The first kappa shape index (κ1) is 10.2. The van der Waals surface area contributed by atoms with Crippen molar-refractivity contribution >= 4 is 27.5 Å². The van der Waals surface area contributed by atoms with Crippen molar-refractivity contribution in [2.75, 3.05) is 0 Å². The van der Waals surface area contributed by atoms with E-state index in [1.54, 1.807) is 4.68 Å². The molecule has 0 unspecified atom stereocenters. The third-order valence-electron chi connectivity index (χ3n) is 2.55. The first-order valence-corrected chi connectivity index (χ1v) is 6.15. The smallest absolute Gasteiger partial charge is 0.172 e. The van der Waals surface area contributed by atoms with Gasteiger partial charge in [-0.3, -0.25) is 0 Å². The Labute approximate surface area is 106 Å². The van der Waals surface area contributed by atoms with Crippen molar-refractivity contribution < 1.29 is 0 Å². The molecule has 0 aliphatic heterocycles. The zero-order valence-electron chi connectivity index (χ0n) is 8.27. The van der Waals surface area contributed by atoms with E-state index >= 15 is 0 Å². The van der Waals surface area contributed by atoms with Crippen molar-refractivity contribution in [3.8, 4) is 5.82 Å². The van der Waals surface area contributed by atoms with Gasteiger partial charge in [-0.15, -0.1) is 0 Å². The average Bonchev–Trinajstić information content (AvgIpc) is 3.02. The summed E-state index contributed by atoms with van der Waals surface area (Å²) in [6.07, 6.45) is 5.81. The van der Waals surface area contributed by atoms with E-state index in [-0.39, 0.29) is 0 Å². The van der Waals surface area contributed by atoms with E-state index in [9.17, 15) is 0 Å². The van der Waals surface area contributed by atoms with E-state index in [0.717, 1.165) is 5.69 Å². The van der Waals surface area contributed by atoms with Crippen molar-refractivity contribution in [1.29, 1.82) is 0 Å². The molecular formula is C10H8BrClN4. The number of hydrogen-bond donors (Lipinski definition) is 0. The fourth-order valence-electron chi connectivity index (χ4n) is 1.55. The van der Waals surface area contributed by atoms with Crippen LogP contribution in [0.1, 0.15) is 24.5 Å². The first-order valence-electron chi connectivity index (χ1n) is 4.97. The zero-order valence-corrected chi connectivity index (χ0v) is 10.6. The molecule has 1 fully saturated rings. The molecule has 0 spiro atoms. The Morgan fingerprint density at radius 2 is 2.19 bits per heavy atom. The van der Waals surface area contributed by atoms with Gasteiger partial charge in [0.25, 0.3) is 0 Å². The minimum atomic E-state index is 0.397. The lowest BCUT2D eigenvalue weighted by Crippen LogP contribution is -2.01. The summed E-state index contributed by atoms with van der Waals surface area (Å²) in [4.78, 5) is 8.05. The molecule has 2 aromatic heterocycles. The van der Waals surface area contributed by atoms with Gasteiger partial charge in [-0.2, -0.15) is 5.10 Å². The molecule has 3 rings (SSSR count). The van der Waals surface area contributed by atoms with E-state index in [4.69, 9.17) is 11.6 Å². The van der Waals surface area contributed by atoms with Gasteiger partial charge in [0, 0.05) is 12.1 Å². The van der Waals surface area contributed by atoms with E-state index in [2.05, 4.69) is 31.0 Å². The van der Waals surface area contributed by atoms with Crippen molar-refractivity contribution in [1.82, 2.24) is 19.7 Å². The summed E-state index contributed by atoms with van der Waals surface area (Å²) in [5.41, 5.74) is 1.13. The fraction of sp³-hybridized carbons (Fsp3) is 0.300. The van der Waals surface area contributed by atoms with Crippen LogP contribution in [0.5, 0.6) is 0 Å². The molecule has 1 aliphatic carbocycles. The fourth-order valence-corrected chi connectivity index (χ4v) is 2.07. The van der Waals surface area contributed by atoms with Gasteiger partial charge in [-0.05, 0) is 34.8 Å². The summed E-state index contributed by atoms with van der Waals surface area (Å²) in [6.45, 7) is 0. The molecule has 0 radical (unpaired) electrons. The molecule has 1 saturated carbocycles. The monoisotopic (exact) mass is 298 g/mol. The topological polar surface area (TPSA) is 43.6 Å². The number of hydrogen-bond acceptors (Lipinski definition) is 3. The summed E-state index contributed by atoms with van der Waals surface area (Å²) in [5, 5.41) is 4.88. The van der Waals surface area contributed by atoms with Gasteiger partial charge in [0.05, 0.1) is 10.2 Å². The van der Waals surface area contributed by atoms with Crippen molar-refractivity contribution in [3.63, 3.8) is 0 Å². The Balaban J connectivity index is 2.03. The molecule has 16 heavy (non-hydrogen) atoms. The van der Waals surface area contributed by atoms with E-state index < -0.39 is 0 Å². The molecule has 0 aromatic carbocycles. The van der Waals surface area contributed by atoms with Crippen molar-refractivity contribution in [2.24, 2.45) is 0 Å². The highest BCUT2D eigenvalue weighted by molar-refractivity contribution is 9.10. The summed E-state index contributed by atoms with van der Waals surface area (Å²) < 4.78 is 2.40. The third kappa shape index (κ3) is 1.74. The molecule has 0 saturated heterocycles. The van der Waals surface area contributed by atoms with Crippen LogP contribution >= 0.6 is 27.5 Å². The van der Waals surface area contributed by atoms with Crippen LogP contribution in [-0.2, 0) is 0 Å². The second-order valence-corrected chi connectivity index (χ2v) is 4.91. The van der Waals surface area contributed by atoms with Gasteiger partial charge in [-0.25, -0.2) is 14.6 Å². The van der Waals surface area contributed by atoms with Crippen LogP contribution in [0.2, 0.25) is 5.15 Å². The summed E-state index contributed by atoms with van der Waals surface area (Å²) in [5.74, 6) is 1.31. The Bertz CT molecular complexity index is 535. The second kappa shape index (κ2) is 3.82. The number of rotatable bonds is 2. The normalized spacial score (nSPS) is 15.4. The van der Waals surface area contributed by atoms with Crippen LogP contribution in [0.3, 0.4) is 0 Å². The second-order valence-electron chi connectivity index (χ2n) is 3.76. The first-order chi connectivity index (χ1) is 7.75. The van der Waals surface area contributed by atoms with E-state index in [0.29, 0.717) is 21.4 Å². The van der Waals surface area contributed by atoms with Crippen LogP contribution in [0.15, 0.2) is 23.1 Å². The lowest BCUT2D eigenvalue weighted by molar-refractivity contribution is 0.803. The molecule has 2 heterocycles. The maximum atomic E-state index is 5.91. The minimum absolute atomic E-state index is 0.397. The molecule has 1 aliphatic rings. The molecule has 0 amide bonds. The standard InChI is InChI=1S/C10H8BrClN4/c11-8-9(12)13-5-14-10(8)16-4-3-7(15-16)6-1-2-6/h3-6H,1-2H2. The highest BCUT2D eigenvalue weighted by atomic mass is 79.9. The van der Waals surface area contributed by atoms with Gasteiger partial charge >= 0.3 is 0 Å². The molecule has 4 nitrogen and oxygen atoms in total. The van der Waals surface area contributed by atoms with Crippen LogP contribution in [0, 0.1) is 0 Å². The van der Waals surface area contributed by atoms with E-state index in [1.165, 1.54) is 19.2 Å². The lowest BCUT2D eigenvalue weighted by atomic mass is 10.3. The highest BCUT2D eigenvalue weighted by Crippen LogP contribution is 2.39. The van der Waals surface area contributed by atoms with Crippen molar-refractivity contribution in [2.45, 2.75) is 18.8 Å². The van der Waals surface area contributed by atoms with Gasteiger partial charge < -0.3 is 0 Å². The minimum Gasteiger partial charge on any atom is -0.223 e.